The van der Waals surface area contributed by atoms with E-state index in [4.69, 9.17) is 14.9 Å². The maximum atomic E-state index is 11.0. The van der Waals surface area contributed by atoms with Crippen LogP contribution in [0.3, 0.4) is 0 Å². The monoisotopic (exact) mass is 332 g/mol. The van der Waals surface area contributed by atoms with Gasteiger partial charge in [-0.2, -0.15) is 4.98 Å². The highest BCUT2D eigenvalue weighted by atomic mass is 16.5. The Morgan fingerprint density at radius 1 is 1.38 bits per heavy atom. The molecule has 2 aromatic heterocycles. The number of amides is 1. The lowest BCUT2D eigenvalue weighted by Gasteiger charge is -2.03. The van der Waals surface area contributed by atoms with Crippen molar-refractivity contribution in [3.8, 4) is 11.4 Å². The molecule has 0 bridgehead atoms. The minimum atomic E-state index is -0.113. The Kier molecular flexibility index (Phi) is 6.26. The number of pyridine rings is 1. The molecule has 0 radical (unpaired) electrons. The van der Waals surface area contributed by atoms with E-state index >= 15 is 0 Å². The van der Waals surface area contributed by atoms with Crippen molar-refractivity contribution in [1.82, 2.24) is 15.3 Å². The Morgan fingerprint density at radius 3 is 2.96 bits per heavy atom. The molecule has 0 saturated carbocycles. The van der Waals surface area contributed by atoms with Crippen molar-refractivity contribution in [3.63, 3.8) is 0 Å². The molecule has 2 aromatic rings. The number of ether oxygens (including phenoxy) is 1. The number of methoxy groups -OCH3 is 1. The van der Waals surface area contributed by atoms with Gasteiger partial charge in [0.25, 0.3) is 0 Å². The third kappa shape index (κ3) is 5.36. The maximum absolute atomic E-state index is 11.0. The number of nitrogens with one attached hydrogen (secondary N) is 2. The minimum Gasteiger partial charge on any atom is -0.431 e. The third-order valence-electron chi connectivity index (χ3n) is 2.90. The van der Waals surface area contributed by atoms with Crippen LogP contribution in [0.1, 0.15) is 12.6 Å². The number of carbonyl (C=O) groups is 1. The predicted octanol–water partition coefficient (Wildman–Crippen LogP) is 0.746. The van der Waals surface area contributed by atoms with Gasteiger partial charge in [0.1, 0.15) is 12.0 Å². The number of rotatable bonds is 7. The highest BCUT2D eigenvalue weighted by molar-refractivity contribution is 5.90. The van der Waals surface area contributed by atoms with Crippen molar-refractivity contribution in [2.75, 3.05) is 25.6 Å². The lowest BCUT2D eigenvalue weighted by atomic mass is 10.2. The number of oxazole rings is 1. The number of carbonyl (C=O) groups excluding carboxylic acids is 1. The summed E-state index contributed by atoms with van der Waals surface area (Å²) in [6, 6.07) is 5.67. The first-order valence-electron chi connectivity index (χ1n) is 7.30. The number of hydrogen-bond acceptors (Lipinski definition) is 6. The molecule has 0 aliphatic rings. The Labute approximate surface area is 139 Å². The van der Waals surface area contributed by atoms with E-state index in [2.05, 4.69) is 25.6 Å². The molecule has 0 aliphatic carbocycles. The average Bonchev–Trinajstić information content (AvgIpc) is 3.02. The second-order valence-electron chi connectivity index (χ2n) is 4.85. The summed E-state index contributed by atoms with van der Waals surface area (Å²) in [5.74, 6) is 0.0752. The molecular formula is C15H20N6O3. The Morgan fingerprint density at radius 2 is 2.21 bits per heavy atom. The summed E-state index contributed by atoms with van der Waals surface area (Å²) < 4.78 is 10.2. The quantitative estimate of drug-likeness (QED) is 0.388. The van der Waals surface area contributed by atoms with Crippen molar-refractivity contribution < 1.29 is 13.9 Å². The van der Waals surface area contributed by atoms with Crippen LogP contribution in [0.4, 0.5) is 6.01 Å². The summed E-state index contributed by atoms with van der Waals surface area (Å²) in [7, 11) is 1.59. The normalized spacial score (nSPS) is 11.3. The molecule has 0 fully saturated rings. The lowest BCUT2D eigenvalue weighted by molar-refractivity contribution is -0.119. The van der Waals surface area contributed by atoms with E-state index in [1.807, 2.05) is 12.1 Å². The van der Waals surface area contributed by atoms with Crippen LogP contribution in [0.2, 0.25) is 0 Å². The largest absolute Gasteiger partial charge is 0.431 e. The maximum Gasteiger partial charge on any atom is 0.302 e. The van der Waals surface area contributed by atoms with Crippen LogP contribution in [-0.4, -0.2) is 42.1 Å². The summed E-state index contributed by atoms with van der Waals surface area (Å²) in [4.78, 5) is 23.7. The van der Waals surface area contributed by atoms with Gasteiger partial charge in [0, 0.05) is 14.0 Å². The first-order valence-corrected chi connectivity index (χ1v) is 7.30. The molecule has 0 aromatic carbocycles. The third-order valence-corrected chi connectivity index (χ3v) is 2.90. The number of aliphatic imine (C=N–C) groups is 1. The van der Waals surface area contributed by atoms with Crippen LogP contribution in [0.15, 0.2) is 33.9 Å². The van der Waals surface area contributed by atoms with E-state index in [1.54, 1.807) is 13.2 Å². The van der Waals surface area contributed by atoms with Gasteiger partial charge in [0.05, 0.1) is 31.1 Å². The van der Waals surface area contributed by atoms with Crippen molar-refractivity contribution in [3.05, 3.63) is 30.2 Å². The van der Waals surface area contributed by atoms with E-state index in [9.17, 15) is 4.79 Å². The molecule has 2 heterocycles. The number of nitrogens with zero attached hydrogens (tertiary/aromatic N) is 3. The predicted molar refractivity (Wildman–Crippen MR) is 89.2 cm³/mol. The molecule has 4 N–H and O–H groups in total. The van der Waals surface area contributed by atoms with E-state index in [0.29, 0.717) is 31.1 Å². The molecule has 0 unspecified atom stereocenters. The van der Waals surface area contributed by atoms with Crippen molar-refractivity contribution in [1.29, 1.82) is 0 Å². The molecule has 128 valence electrons. The van der Waals surface area contributed by atoms with Gasteiger partial charge < -0.3 is 20.2 Å². The van der Waals surface area contributed by atoms with E-state index < -0.39 is 0 Å². The fourth-order valence-corrected chi connectivity index (χ4v) is 1.79. The number of aromatic nitrogens is 2. The van der Waals surface area contributed by atoms with Gasteiger partial charge in [-0.1, -0.05) is 6.07 Å². The van der Waals surface area contributed by atoms with Crippen molar-refractivity contribution in [2.45, 2.75) is 13.5 Å². The Balaban J connectivity index is 2.03. The smallest absolute Gasteiger partial charge is 0.302 e. The van der Waals surface area contributed by atoms with Gasteiger partial charge in [0.2, 0.25) is 5.91 Å². The molecule has 9 heteroatoms. The van der Waals surface area contributed by atoms with Gasteiger partial charge in [-0.3, -0.25) is 15.1 Å². The van der Waals surface area contributed by atoms with Crippen molar-refractivity contribution >= 4 is 17.9 Å². The van der Waals surface area contributed by atoms with Crippen LogP contribution < -0.4 is 16.4 Å². The standard InChI is InChI=1S/C15H20N6O3/c1-10(22)18-8-11-4-3-5-12(19-11)13-9-24-15(20-13)21-14(16)17-6-7-23-2/h3-5,9H,6-8H2,1-2H3,(H,18,22)(H3,16,17,20,21). The van der Waals surface area contributed by atoms with Gasteiger partial charge in [-0.05, 0) is 12.1 Å². The van der Waals surface area contributed by atoms with Crippen LogP contribution in [0, 0.1) is 0 Å². The van der Waals surface area contributed by atoms with Gasteiger partial charge in [0.15, 0.2) is 5.96 Å². The summed E-state index contributed by atoms with van der Waals surface area (Å²) in [6.07, 6.45) is 1.47. The first-order chi connectivity index (χ1) is 11.6. The van der Waals surface area contributed by atoms with Crippen LogP contribution in [-0.2, 0) is 16.1 Å². The Hall–Kier alpha value is -2.94. The van der Waals surface area contributed by atoms with Gasteiger partial charge in [-0.25, -0.2) is 4.98 Å². The fraction of sp³-hybridized carbons (Fsp3) is 0.333. The summed E-state index contributed by atoms with van der Waals surface area (Å²) in [5.41, 5.74) is 7.61. The molecule has 1 amide bonds. The number of hydrogen-bond donors (Lipinski definition) is 3. The zero-order valence-corrected chi connectivity index (χ0v) is 13.6. The molecule has 0 saturated heterocycles. The van der Waals surface area contributed by atoms with Gasteiger partial charge >= 0.3 is 6.01 Å². The second-order valence-corrected chi connectivity index (χ2v) is 4.85. The molecular weight excluding hydrogens is 312 g/mol. The summed E-state index contributed by atoms with van der Waals surface area (Å²) in [5, 5.41) is 5.45. The minimum absolute atomic E-state index is 0.113. The molecule has 9 nitrogen and oxygen atoms in total. The van der Waals surface area contributed by atoms with E-state index in [0.717, 1.165) is 5.69 Å². The highest BCUT2D eigenvalue weighted by Gasteiger charge is 2.09. The molecule has 0 atom stereocenters. The first kappa shape index (κ1) is 17.4. The number of guanidine groups is 1. The zero-order chi connectivity index (χ0) is 17.4. The SMILES string of the molecule is COCCN=C(N)Nc1nc(-c2cccc(CNC(C)=O)n2)co1. The molecule has 0 aliphatic heterocycles. The van der Waals surface area contributed by atoms with Crippen LogP contribution in [0.25, 0.3) is 11.4 Å². The van der Waals surface area contributed by atoms with E-state index in [-0.39, 0.29) is 17.9 Å². The molecule has 24 heavy (non-hydrogen) atoms. The van der Waals surface area contributed by atoms with Crippen LogP contribution in [0.5, 0.6) is 0 Å². The van der Waals surface area contributed by atoms with Crippen molar-refractivity contribution in [2.24, 2.45) is 10.7 Å². The molecule has 2 rings (SSSR count). The van der Waals surface area contributed by atoms with Gasteiger partial charge in [-0.15, -0.1) is 0 Å². The number of anilines is 1. The topological polar surface area (TPSA) is 128 Å². The zero-order valence-electron chi connectivity index (χ0n) is 13.6. The Bertz CT molecular complexity index is 713. The van der Waals surface area contributed by atoms with Crippen LogP contribution >= 0.6 is 0 Å². The second kappa shape index (κ2) is 8.63. The average molecular weight is 332 g/mol. The molecule has 0 spiro atoms. The number of nitrogens with two attached hydrogens (primary N) is 1. The highest BCUT2D eigenvalue weighted by Crippen LogP contribution is 2.18. The summed E-state index contributed by atoms with van der Waals surface area (Å²) >= 11 is 0. The summed E-state index contributed by atoms with van der Waals surface area (Å²) in [6.45, 7) is 2.73. The lowest BCUT2D eigenvalue weighted by Crippen LogP contribution is -2.23. The van der Waals surface area contributed by atoms with E-state index in [1.165, 1.54) is 13.2 Å². The fourth-order valence-electron chi connectivity index (χ4n) is 1.79.